The molecule has 4 nitrogen and oxygen atoms in total. The Morgan fingerprint density at radius 2 is 1.68 bits per heavy atom. The molecule has 0 unspecified atom stereocenters. The summed E-state index contributed by atoms with van der Waals surface area (Å²) in [4.78, 5) is 0. The van der Waals surface area contributed by atoms with Crippen LogP contribution in [0.1, 0.15) is 100 Å². The van der Waals surface area contributed by atoms with Crippen molar-refractivity contribution < 1.29 is 20.1 Å². The van der Waals surface area contributed by atoms with Gasteiger partial charge in [-0.25, -0.2) is 0 Å². The molecule has 0 spiro atoms. The Hall–Kier alpha value is -0.420. The predicted molar refractivity (Wildman–Crippen MR) is 135 cm³/mol. The van der Waals surface area contributed by atoms with Gasteiger partial charge in [-0.1, -0.05) is 53.2 Å². The van der Waals surface area contributed by atoms with E-state index in [2.05, 4.69) is 47.6 Å². The lowest BCUT2D eigenvalue weighted by molar-refractivity contribution is -0.131. The Morgan fingerprint density at radius 1 is 1.00 bits per heavy atom. The zero-order valence-electron chi connectivity index (χ0n) is 22.9. The Kier molecular flexibility index (Phi) is 5.61. The Morgan fingerprint density at radius 3 is 2.32 bits per heavy atom. The number of allylic oxidation sites excluding steroid dienone is 2. The first-order chi connectivity index (χ1) is 15.6. The molecular weight excluding hydrogens is 424 g/mol. The van der Waals surface area contributed by atoms with Gasteiger partial charge >= 0.3 is 0 Å². The van der Waals surface area contributed by atoms with E-state index in [1.54, 1.807) is 19.4 Å². The zero-order chi connectivity index (χ0) is 25.1. The van der Waals surface area contributed by atoms with Crippen molar-refractivity contribution in [3.63, 3.8) is 0 Å². The molecule has 0 aromatic carbocycles. The lowest BCUT2D eigenvalue weighted by Gasteiger charge is -2.64. The number of ether oxygens (including phenoxy) is 1. The standard InChI is InChI=1S/C30H50O4/c1-17(23-24(34-23)25(32)27(4,5)33)18-11-15-30(8)20-9-10-21-26(2,3)22(31)13-14-28(21,6)19(20)12-16-29(18,30)7/h9,17-19,21-25,31-33H,10-16H2,1-8H3/t17-,18+,19+,21+,22+,23-,24+,25+,28-,29+,30-/m1/s1. The summed E-state index contributed by atoms with van der Waals surface area (Å²) in [7, 11) is 0. The first-order valence-electron chi connectivity index (χ1n) is 14.0. The molecular formula is C30H50O4. The van der Waals surface area contributed by atoms with Crippen molar-refractivity contribution in [3.05, 3.63) is 11.6 Å². The molecule has 0 aromatic heterocycles. The third-order valence-electron chi connectivity index (χ3n) is 12.6. The van der Waals surface area contributed by atoms with Crippen LogP contribution in [0.15, 0.2) is 11.6 Å². The van der Waals surface area contributed by atoms with Gasteiger partial charge in [0.05, 0.1) is 17.8 Å². The average Bonchev–Trinajstić information content (AvgIpc) is 3.48. The van der Waals surface area contributed by atoms with E-state index in [1.165, 1.54) is 25.7 Å². The van der Waals surface area contributed by atoms with E-state index in [0.29, 0.717) is 23.7 Å². The molecule has 0 amide bonds. The number of aliphatic hydroxyl groups is 3. The van der Waals surface area contributed by atoms with Crippen LogP contribution in [0.2, 0.25) is 0 Å². The Bertz CT molecular complexity index is 856. The van der Waals surface area contributed by atoms with E-state index in [1.807, 2.05) is 0 Å². The molecule has 1 heterocycles. The van der Waals surface area contributed by atoms with Crippen LogP contribution in [0.25, 0.3) is 0 Å². The summed E-state index contributed by atoms with van der Waals surface area (Å²) in [5, 5.41) is 31.7. The van der Waals surface area contributed by atoms with E-state index in [4.69, 9.17) is 4.74 Å². The van der Waals surface area contributed by atoms with E-state index in [0.717, 1.165) is 19.3 Å². The van der Waals surface area contributed by atoms with Gasteiger partial charge in [-0.2, -0.15) is 0 Å². The maximum atomic E-state index is 10.8. The van der Waals surface area contributed by atoms with Crippen LogP contribution in [-0.2, 0) is 4.74 Å². The van der Waals surface area contributed by atoms with Gasteiger partial charge in [-0.05, 0) is 104 Å². The highest BCUT2D eigenvalue weighted by atomic mass is 16.6. The highest BCUT2D eigenvalue weighted by Gasteiger charge is 2.67. The number of fused-ring (bicyclic) bond motifs is 5. The Balaban J connectivity index is 1.41. The SMILES string of the molecule is C[C@@H]([C@H]1O[C@@H]1[C@H](O)C(C)(C)O)[C@@H]1CC[C@]2(C)C3=CC[C@H]4C(C)(C)[C@@H](O)CC[C@]4(C)[C@H]3CC[C@@]12C. The fourth-order valence-corrected chi connectivity index (χ4v) is 10.0. The third-order valence-corrected chi connectivity index (χ3v) is 12.6. The maximum Gasteiger partial charge on any atom is 0.113 e. The van der Waals surface area contributed by atoms with Gasteiger partial charge in [0.2, 0.25) is 0 Å². The second-order valence-corrected chi connectivity index (χ2v) is 14.8. The molecule has 34 heavy (non-hydrogen) atoms. The monoisotopic (exact) mass is 474 g/mol. The molecule has 11 atom stereocenters. The molecule has 4 aliphatic carbocycles. The van der Waals surface area contributed by atoms with Crippen LogP contribution in [0.5, 0.6) is 0 Å². The minimum Gasteiger partial charge on any atom is -0.393 e. The minimum atomic E-state index is -1.13. The van der Waals surface area contributed by atoms with Gasteiger partial charge in [0.15, 0.2) is 0 Å². The van der Waals surface area contributed by atoms with Crippen molar-refractivity contribution in [3.8, 4) is 0 Å². The summed E-state index contributed by atoms with van der Waals surface area (Å²) >= 11 is 0. The molecule has 3 N–H and O–H groups in total. The summed E-state index contributed by atoms with van der Waals surface area (Å²) in [5.74, 6) is 2.12. The fourth-order valence-electron chi connectivity index (χ4n) is 10.0. The van der Waals surface area contributed by atoms with E-state index in [-0.39, 0.29) is 40.0 Å². The number of hydrogen-bond acceptors (Lipinski definition) is 4. The van der Waals surface area contributed by atoms with Crippen molar-refractivity contribution in [1.82, 2.24) is 0 Å². The highest BCUT2D eigenvalue weighted by Crippen LogP contribution is 2.73. The second-order valence-electron chi connectivity index (χ2n) is 14.8. The van der Waals surface area contributed by atoms with Gasteiger partial charge < -0.3 is 20.1 Å². The van der Waals surface area contributed by atoms with Gasteiger partial charge in [0.1, 0.15) is 12.2 Å². The lowest BCUT2D eigenvalue weighted by atomic mass is 9.41. The van der Waals surface area contributed by atoms with Crippen LogP contribution in [-0.4, -0.2) is 45.3 Å². The molecule has 194 valence electrons. The summed E-state index contributed by atoms with van der Waals surface area (Å²) in [5.41, 5.74) is 1.29. The summed E-state index contributed by atoms with van der Waals surface area (Å²) < 4.78 is 6.02. The van der Waals surface area contributed by atoms with Crippen molar-refractivity contribution in [2.75, 3.05) is 0 Å². The quantitative estimate of drug-likeness (QED) is 0.372. The molecule has 5 rings (SSSR count). The topological polar surface area (TPSA) is 73.2 Å². The summed E-state index contributed by atoms with van der Waals surface area (Å²) in [6, 6.07) is 0. The fraction of sp³-hybridized carbons (Fsp3) is 0.933. The van der Waals surface area contributed by atoms with Crippen LogP contribution in [0.4, 0.5) is 0 Å². The largest absolute Gasteiger partial charge is 0.393 e. The highest BCUT2D eigenvalue weighted by molar-refractivity contribution is 5.33. The molecule has 5 aliphatic rings. The Labute approximate surface area is 207 Å². The molecule has 1 aliphatic heterocycles. The van der Waals surface area contributed by atoms with Crippen LogP contribution < -0.4 is 0 Å². The summed E-state index contributed by atoms with van der Waals surface area (Å²) in [6.45, 7) is 17.9. The van der Waals surface area contributed by atoms with Crippen molar-refractivity contribution in [1.29, 1.82) is 0 Å². The molecule has 3 saturated carbocycles. The second kappa shape index (κ2) is 7.55. The van der Waals surface area contributed by atoms with Crippen LogP contribution in [0, 0.1) is 45.3 Å². The maximum absolute atomic E-state index is 10.8. The van der Waals surface area contributed by atoms with Gasteiger partial charge in [-0.15, -0.1) is 0 Å². The van der Waals surface area contributed by atoms with Crippen molar-refractivity contribution >= 4 is 0 Å². The average molecular weight is 475 g/mol. The number of aliphatic hydroxyl groups excluding tert-OH is 2. The molecule has 0 radical (unpaired) electrons. The smallest absolute Gasteiger partial charge is 0.113 e. The van der Waals surface area contributed by atoms with E-state index < -0.39 is 11.7 Å². The minimum absolute atomic E-state index is 0.0247. The number of epoxide rings is 1. The van der Waals surface area contributed by atoms with Crippen LogP contribution >= 0.6 is 0 Å². The van der Waals surface area contributed by atoms with Crippen LogP contribution in [0.3, 0.4) is 0 Å². The summed E-state index contributed by atoms with van der Waals surface area (Å²) in [6.07, 6.45) is 9.53. The number of hydrogen-bond donors (Lipinski definition) is 3. The van der Waals surface area contributed by atoms with Gasteiger partial charge in [0.25, 0.3) is 0 Å². The third kappa shape index (κ3) is 3.23. The van der Waals surface area contributed by atoms with Crippen molar-refractivity contribution in [2.45, 2.75) is 130 Å². The van der Waals surface area contributed by atoms with E-state index >= 15 is 0 Å². The van der Waals surface area contributed by atoms with E-state index in [9.17, 15) is 15.3 Å². The molecule has 4 heteroatoms. The van der Waals surface area contributed by atoms with Gasteiger partial charge in [-0.3, -0.25) is 0 Å². The molecule has 0 bridgehead atoms. The first-order valence-corrected chi connectivity index (χ1v) is 14.0. The first kappa shape index (κ1) is 25.2. The van der Waals surface area contributed by atoms with Gasteiger partial charge in [0, 0.05) is 0 Å². The number of rotatable bonds is 4. The van der Waals surface area contributed by atoms with Crippen molar-refractivity contribution in [2.24, 2.45) is 45.3 Å². The normalized spacial score (nSPS) is 51.6. The molecule has 4 fully saturated rings. The predicted octanol–water partition coefficient (Wildman–Crippen LogP) is 5.49. The molecule has 1 saturated heterocycles. The lowest BCUT2D eigenvalue weighted by Crippen LogP contribution is -2.58. The molecule has 0 aromatic rings. The zero-order valence-corrected chi connectivity index (χ0v) is 22.9.